The minimum Gasteiger partial charge on any atom is -0.493 e. The molecule has 1 aliphatic heterocycles. The van der Waals surface area contributed by atoms with Crippen molar-refractivity contribution in [3.05, 3.63) is 53.6 Å². The Morgan fingerprint density at radius 1 is 1.03 bits per heavy atom. The minimum atomic E-state index is -3.41. The van der Waals surface area contributed by atoms with Gasteiger partial charge in [0, 0.05) is 19.0 Å². The molecule has 1 N–H and O–H groups in total. The summed E-state index contributed by atoms with van der Waals surface area (Å²) in [6.45, 7) is 2.57. The van der Waals surface area contributed by atoms with E-state index in [1.165, 1.54) is 11.4 Å². The van der Waals surface area contributed by atoms with Crippen LogP contribution in [0.4, 0.5) is 0 Å². The molecule has 0 aromatic heterocycles. The smallest absolute Gasteiger partial charge is 0.223 e. The number of hydrogen-bond acceptors (Lipinski definition) is 6. The van der Waals surface area contributed by atoms with Crippen molar-refractivity contribution in [3.8, 4) is 17.2 Å². The van der Waals surface area contributed by atoms with Gasteiger partial charge in [-0.15, -0.1) is 0 Å². The van der Waals surface area contributed by atoms with Crippen LogP contribution in [0, 0.1) is 5.92 Å². The van der Waals surface area contributed by atoms with Gasteiger partial charge in [0.25, 0.3) is 0 Å². The number of benzene rings is 2. The van der Waals surface area contributed by atoms with E-state index < -0.39 is 10.0 Å². The van der Waals surface area contributed by atoms with Gasteiger partial charge in [-0.3, -0.25) is 4.79 Å². The summed E-state index contributed by atoms with van der Waals surface area (Å²) in [6, 6.07) is 12.5. The third-order valence-corrected chi connectivity index (χ3v) is 7.81. The summed E-state index contributed by atoms with van der Waals surface area (Å²) in [7, 11) is 1.22. The molecule has 8 nitrogen and oxygen atoms in total. The largest absolute Gasteiger partial charge is 0.493 e. The number of piperidine rings is 1. The summed E-state index contributed by atoms with van der Waals surface area (Å²) in [5.41, 5.74) is 1.58. The highest BCUT2D eigenvalue weighted by Gasteiger charge is 2.31. The molecule has 1 amide bonds. The Hall–Kier alpha value is -2.78. The zero-order chi connectivity index (χ0) is 24.0. The second-order valence-corrected chi connectivity index (χ2v) is 10.1. The van der Waals surface area contributed by atoms with Crippen LogP contribution in [0.1, 0.15) is 36.9 Å². The summed E-state index contributed by atoms with van der Waals surface area (Å²) in [5, 5.41) is 3.04. The lowest BCUT2D eigenvalue weighted by Gasteiger charge is -2.31. The zero-order valence-electron chi connectivity index (χ0n) is 19.5. The quantitative estimate of drug-likeness (QED) is 0.598. The van der Waals surface area contributed by atoms with Crippen molar-refractivity contribution in [2.24, 2.45) is 5.92 Å². The number of nitrogens with zero attached hydrogens (tertiary/aromatic N) is 1. The van der Waals surface area contributed by atoms with E-state index in [9.17, 15) is 13.2 Å². The predicted octanol–water partition coefficient (Wildman–Crippen LogP) is 3.13. The fourth-order valence-electron chi connectivity index (χ4n) is 4.04. The van der Waals surface area contributed by atoms with Crippen LogP contribution in [0.5, 0.6) is 17.2 Å². The number of rotatable bonds is 9. The van der Waals surface area contributed by atoms with Crippen LogP contribution >= 0.6 is 0 Å². The molecule has 0 aliphatic carbocycles. The summed E-state index contributed by atoms with van der Waals surface area (Å²) >= 11 is 0. The maximum Gasteiger partial charge on any atom is 0.223 e. The number of ether oxygens (including phenoxy) is 3. The molecule has 0 spiro atoms. The van der Waals surface area contributed by atoms with E-state index in [1.54, 1.807) is 14.2 Å². The van der Waals surface area contributed by atoms with Crippen LogP contribution in [0.2, 0.25) is 0 Å². The van der Waals surface area contributed by atoms with Gasteiger partial charge in [-0.05, 0) is 43.0 Å². The normalized spacial score (nSPS) is 16.1. The van der Waals surface area contributed by atoms with E-state index >= 15 is 0 Å². The summed E-state index contributed by atoms with van der Waals surface area (Å²) < 4.78 is 43.2. The first-order chi connectivity index (χ1) is 15.8. The highest BCUT2D eigenvalue weighted by atomic mass is 32.2. The highest BCUT2D eigenvalue weighted by molar-refractivity contribution is 7.88. The van der Waals surface area contributed by atoms with Gasteiger partial charge in [-0.1, -0.05) is 30.3 Å². The molecular weight excluding hydrogens is 444 g/mol. The predicted molar refractivity (Wildman–Crippen MR) is 126 cm³/mol. The van der Waals surface area contributed by atoms with E-state index in [0.29, 0.717) is 43.2 Å². The number of nitrogens with one attached hydrogen (secondary N) is 1. The maximum absolute atomic E-state index is 12.9. The maximum atomic E-state index is 12.9. The van der Waals surface area contributed by atoms with Gasteiger partial charge in [0.1, 0.15) is 0 Å². The molecule has 1 saturated heterocycles. The lowest BCUT2D eigenvalue weighted by molar-refractivity contribution is -0.126. The number of amides is 1. The van der Waals surface area contributed by atoms with Gasteiger partial charge < -0.3 is 19.5 Å². The Morgan fingerprint density at radius 3 is 2.12 bits per heavy atom. The average molecular weight is 477 g/mol. The Balaban J connectivity index is 1.60. The van der Waals surface area contributed by atoms with Crippen molar-refractivity contribution in [2.75, 3.05) is 34.4 Å². The van der Waals surface area contributed by atoms with Crippen LogP contribution in [0.3, 0.4) is 0 Å². The molecule has 9 heteroatoms. The topological polar surface area (TPSA) is 94.2 Å². The first-order valence-electron chi connectivity index (χ1n) is 10.9. The lowest BCUT2D eigenvalue weighted by Crippen LogP contribution is -2.43. The van der Waals surface area contributed by atoms with Crippen molar-refractivity contribution < 1.29 is 27.4 Å². The Kier molecular flexibility index (Phi) is 8.20. The Labute approximate surface area is 195 Å². The zero-order valence-corrected chi connectivity index (χ0v) is 20.4. The van der Waals surface area contributed by atoms with Gasteiger partial charge in [0.15, 0.2) is 11.5 Å². The van der Waals surface area contributed by atoms with E-state index in [0.717, 1.165) is 11.1 Å². The van der Waals surface area contributed by atoms with Crippen molar-refractivity contribution in [1.29, 1.82) is 0 Å². The molecule has 3 rings (SSSR count). The summed E-state index contributed by atoms with van der Waals surface area (Å²) in [6.07, 6.45) is 0.976. The molecule has 33 heavy (non-hydrogen) atoms. The summed E-state index contributed by atoms with van der Waals surface area (Å²) in [5.74, 6) is 1.18. The molecule has 2 aromatic rings. The molecule has 0 radical (unpaired) electrons. The number of carbonyl (C=O) groups excluding carboxylic acids is 1. The first-order valence-corrected chi connectivity index (χ1v) is 12.5. The molecule has 1 unspecified atom stereocenters. The van der Waals surface area contributed by atoms with Gasteiger partial charge >= 0.3 is 0 Å². The molecular formula is C24H32N2O6S. The number of methoxy groups -OCH3 is 3. The van der Waals surface area contributed by atoms with E-state index in [-0.39, 0.29) is 23.6 Å². The second kappa shape index (κ2) is 10.9. The third kappa shape index (κ3) is 5.97. The summed E-state index contributed by atoms with van der Waals surface area (Å²) in [4.78, 5) is 12.9. The van der Waals surface area contributed by atoms with Crippen molar-refractivity contribution in [2.45, 2.75) is 31.6 Å². The number of carbonyl (C=O) groups is 1. The van der Waals surface area contributed by atoms with Crippen LogP contribution in [0.15, 0.2) is 42.5 Å². The van der Waals surface area contributed by atoms with Gasteiger partial charge in [-0.25, -0.2) is 12.7 Å². The van der Waals surface area contributed by atoms with Gasteiger partial charge in [-0.2, -0.15) is 0 Å². The fraction of sp³-hybridized carbons (Fsp3) is 0.458. The number of sulfonamides is 1. The van der Waals surface area contributed by atoms with Crippen molar-refractivity contribution in [1.82, 2.24) is 9.62 Å². The fourth-order valence-corrected chi connectivity index (χ4v) is 5.60. The van der Waals surface area contributed by atoms with Crippen LogP contribution in [-0.2, 0) is 20.6 Å². The first kappa shape index (κ1) is 24.9. The second-order valence-electron chi connectivity index (χ2n) is 8.10. The van der Waals surface area contributed by atoms with Gasteiger partial charge in [0.2, 0.25) is 21.7 Å². The number of hydrogen-bond donors (Lipinski definition) is 1. The molecule has 0 saturated carbocycles. The standard InChI is InChI=1S/C24H32N2O6S/c1-17(20-14-21(30-2)23(32-4)22(15-20)31-3)25-24(27)19-10-12-26(13-11-19)33(28,29)16-18-8-6-5-7-9-18/h5-9,14-15,17,19H,10-13,16H2,1-4H3,(H,25,27). The van der Waals surface area contributed by atoms with Crippen LogP contribution < -0.4 is 19.5 Å². The van der Waals surface area contributed by atoms with E-state index in [2.05, 4.69) is 5.32 Å². The Morgan fingerprint density at radius 2 is 1.61 bits per heavy atom. The molecule has 1 atom stereocenters. The molecule has 2 aromatic carbocycles. The molecule has 0 bridgehead atoms. The third-order valence-electron chi connectivity index (χ3n) is 5.96. The van der Waals surface area contributed by atoms with Crippen LogP contribution in [-0.4, -0.2) is 53.0 Å². The lowest BCUT2D eigenvalue weighted by atomic mass is 9.96. The highest BCUT2D eigenvalue weighted by Crippen LogP contribution is 2.39. The Bertz CT molecular complexity index is 1020. The monoisotopic (exact) mass is 476 g/mol. The molecule has 1 heterocycles. The van der Waals surface area contributed by atoms with Crippen molar-refractivity contribution >= 4 is 15.9 Å². The molecule has 1 aliphatic rings. The minimum absolute atomic E-state index is 0.0249. The van der Waals surface area contributed by atoms with Crippen molar-refractivity contribution in [3.63, 3.8) is 0 Å². The average Bonchev–Trinajstić information content (AvgIpc) is 2.83. The van der Waals surface area contributed by atoms with E-state index in [1.807, 2.05) is 49.4 Å². The SMILES string of the molecule is COc1cc(C(C)NC(=O)C2CCN(S(=O)(=O)Cc3ccccc3)CC2)cc(OC)c1OC. The van der Waals surface area contributed by atoms with Gasteiger partial charge in [0.05, 0.1) is 33.1 Å². The van der Waals surface area contributed by atoms with Crippen LogP contribution in [0.25, 0.3) is 0 Å². The van der Waals surface area contributed by atoms with E-state index in [4.69, 9.17) is 14.2 Å². The molecule has 1 fully saturated rings. The molecule has 180 valence electrons.